The molecule has 0 spiro atoms. The number of nitrogen functional groups attached to an aromatic ring is 1. The SMILES string of the molecule is Nc1cc(Nc2ccc(OCc3ccccc3)c(Cl)c2)ncn1. The van der Waals surface area contributed by atoms with Crippen LogP contribution in [-0.2, 0) is 6.61 Å². The third-order valence-corrected chi connectivity index (χ3v) is 3.43. The second-order valence-corrected chi connectivity index (χ2v) is 5.28. The summed E-state index contributed by atoms with van der Waals surface area (Å²) in [5.74, 6) is 1.63. The molecule has 116 valence electrons. The Morgan fingerprint density at radius 3 is 2.61 bits per heavy atom. The van der Waals surface area contributed by atoms with Crippen LogP contribution in [-0.4, -0.2) is 9.97 Å². The van der Waals surface area contributed by atoms with Gasteiger partial charge in [0.05, 0.1) is 5.02 Å². The second-order valence-electron chi connectivity index (χ2n) is 4.87. The van der Waals surface area contributed by atoms with E-state index in [9.17, 15) is 0 Å². The standard InChI is InChI=1S/C17H15ClN4O/c18-14-8-13(22-17-9-16(19)20-11-21-17)6-7-15(14)23-10-12-4-2-1-3-5-12/h1-9,11H,10H2,(H3,19,20,21,22). The van der Waals surface area contributed by atoms with E-state index in [2.05, 4.69) is 15.3 Å². The van der Waals surface area contributed by atoms with Gasteiger partial charge in [-0.25, -0.2) is 9.97 Å². The summed E-state index contributed by atoms with van der Waals surface area (Å²) >= 11 is 6.27. The Hall–Kier alpha value is -2.79. The second kappa shape index (κ2) is 6.98. The summed E-state index contributed by atoms with van der Waals surface area (Å²) in [6, 6.07) is 17.0. The highest BCUT2D eigenvalue weighted by atomic mass is 35.5. The number of rotatable bonds is 5. The van der Waals surface area contributed by atoms with Gasteiger partial charge < -0.3 is 15.8 Å². The van der Waals surface area contributed by atoms with Gasteiger partial charge in [-0.2, -0.15) is 0 Å². The van der Waals surface area contributed by atoms with Crippen LogP contribution in [0, 0.1) is 0 Å². The molecule has 0 atom stereocenters. The normalized spacial score (nSPS) is 10.3. The molecule has 0 fully saturated rings. The number of hydrogen-bond donors (Lipinski definition) is 2. The summed E-state index contributed by atoms with van der Waals surface area (Å²) in [4.78, 5) is 7.93. The van der Waals surface area contributed by atoms with E-state index in [1.54, 1.807) is 12.1 Å². The van der Waals surface area contributed by atoms with E-state index < -0.39 is 0 Å². The number of anilines is 3. The van der Waals surface area contributed by atoms with Crippen molar-refractivity contribution in [3.05, 3.63) is 71.5 Å². The Bertz CT molecular complexity index is 796. The molecule has 3 rings (SSSR count). The summed E-state index contributed by atoms with van der Waals surface area (Å²) < 4.78 is 5.74. The van der Waals surface area contributed by atoms with E-state index in [1.807, 2.05) is 42.5 Å². The molecule has 0 amide bonds. The maximum atomic E-state index is 6.27. The molecule has 6 heteroatoms. The number of benzene rings is 2. The van der Waals surface area contributed by atoms with Crippen LogP contribution in [0.25, 0.3) is 0 Å². The summed E-state index contributed by atoms with van der Waals surface area (Å²) in [6.07, 6.45) is 1.40. The fourth-order valence-corrected chi connectivity index (χ4v) is 2.25. The maximum absolute atomic E-state index is 6.27. The van der Waals surface area contributed by atoms with Crippen molar-refractivity contribution < 1.29 is 4.74 Å². The fraction of sp³-hybridized carbons (Fsp3) is 0.0588. The molecule has 23 heavy (non-hydrogen) atoms. The number of hydrogen-bond acceptors (Lipinski definition) is 5. The third-order valence-electron chi connectivity index (χ3n) is 3.13. The molecule has 0 saturated heterocycles. The van der Waals surface area contributed by atoms with Crippen molar-refractivity contribution in [3.63, 3.8) is 0 Å². The van der Waals surface area contributed by atoms with Gasteiger partial charge in [0.2, 0.25) is 0 Å². The molecule has 0 unspecified atom stereocenters. The summed E-state index contributed by atoms with van der Waals surface area (Å²) in [7, 11) is 0. The van der Waals surface area contributed by atoms with Crippen LogP contribution in [0.2, 0.25) is 5.02 Å². The van der Waals surface area contributed by atoms with Gasteiger partial charge >= 0.3 is 0 Å². The average molecular weight is 327 g/mol. The van der Waals surface area contributed by atoms with E-state index in [0.29, 0.717) is 29.0 Å². The van der Waals surface area contributed by atoms with E-state index in [4.69, 9.17) is 22.1 Å². The number of halogens is 1. The molecular weight excluding hydrogens is 312 g/mol. The molecule has 0 saturated carbocycles. The van der Waals surface area contributed by atoms with E-state index >= 15 is 0 Å². The lowest BCUT2D eigenvalue weighted by atomic mass is 10.2. The third kappa shape index (κ3) is 4.11. The van der Waals surface area contributed by atoms with Crippen molar-refractivity contribution >= 4 is 28.9 Å². The molecule has 3 aromatic rings. The van der Waals surface area contributed by atoms with Crippen LogP contribution >= 0.6 is 11.6 Å². The number of ether oxygens (including phenoxy) is 1. The zero-order valence-corrected chi connectivity index (χ0v) is 13.0. The van der Waals surface area contributed by atoms with Crippen molar-refractivity contribution in [2.24, 2.45) is 0 Å². The first-order valence-corrected chi connectivity index (χ1v) is 7.39. The topological polar surface area (TPSA) is 73.1 Å². The molecule has 0 radical (unpaired) electrons. The van der Waals surface area contributed by atoms with Crippen LogP contribution in [0.1, 0.15) is 5.56 Å². The Kier molecular flexibility index (Phi) is 4.59. The van der Waals surface area contributed by atoms with Crippen LogP contribution < -0.4 is 15.8 Å². The Morgan fingerprint density at radius 1 is 1.04 bits per heavy atom. The Morgan fingerprint density at radius 2 is 1.87 bits per heavy atom. The lowest BCUT2D eigenvalue weighted by molar-refractivity contribution is 0.306. The average Bonchev–Trinajstić information content (AvgIpc) is 2.55. The van der Waals surface area contributed by atoms with Crippen LogP contribution in [0.4, 0.5) is 17.3 Å². The summed E-state index contributed by atoms with van der Waals surface area (Å²) in [5, 5.41) is 3.64. The molecular formula is C17H15ClN4O. The van der Waals surface area contributed by atoms with Crippen molar-refractivity contribution in [2.75, 3.05) is 11.1 Å². The first-order chi connectivity index (χ1) is 11.2. The first-order valence-electron chi connectivity index (χ1n) is 7.01. The Labute approximate surface area is 139 Å². The number of nitrogens with one attached hydrogen (secondary N) is 1. The van der Waals surface area contributed by atoms with Gasteiger partial charge in [-0.05, 0) is 23.8 Å². The van der Waals surface area contributed by atoms with Crippen molar-refractivity contribution in [3.8, 4) is 5.75 Å². The van der Waals surface area contributed by atoms with Gasteiger partial charge in [-0.15, -0.1) is 0 Å². The quantitative estimate of drug-likeness (QED) is 0.740. The molecule has 3 N–H and O–H groups in total. The molecule has 1 aromatic heterocycles. The van der Waals surface area contributed by atoms with Gasteiger partial charge in [-0.3, -0.25) is 0 Å². The fourth-order valence-electron chi connectivity index (χ4n) is 2.02. The van der Waals surface area contributed by atoms with Gasteiger partial charge in [-0.1, -0.05) is 41.9 Å². The van der Waals surface area contributed by atoms with Gasteiger partial charge in [0.15, 0.2) is 0 Å². The minimum absolute atomic E-state index is 0.399. The Balaban J connectivity index is 1.68. The van der Waals surface area contributed by atoms with E-state index in [0.717, 1.165) is 11.3 Å². The van der Waals surface area contributed by atoms with Crippen molar-refractivity contribution in [1.82, 2.24) is 9.97 Å². The van der Waals surface area contributed by atoms with E-state index in [1.165, 1.54) is 6.33 Å². The van der Waals surface area contributed by atoms with Gasteiger partial charge in [0.25, 0.3) is 0 Å². The monoisotopic (exact) mass is 326 g/mol. The predicted octanol–water partition coefficient (Wildman–Crippen LogP) is 4.03. The number of nitrogens with zero attached hydrogens (tertiary/aromatic N) is 2. The van der Waals surface area contributed by atoms with Gasteiger partial charge in [0, 0.05) is 11.8 Å². The van der Waals surface area contributed by atoms with Gasteiger partial charge in [0.1, 0.15) is 30.3 Å². The molecule has 1 heterocycles. The molecule has 0 aliphatic heterocycles. The zero-order chi connectivity index (χ0) is 16.1. The minimum atomic E-state index is 0.399. The summed E-state index contributed by atoms with van der Waals surface area (Å²) in [6.45, 7) is 0.468. The highest BCUT2D eigenvalue weighted by Crippen LogP contribution is 2.29. The number of aromatic nitrogens is 2. The highest BCUT2D eigenvalue weighted by molar-refractivity contribution is 6.32. The molecule has 0 aliphatic carbocycles. The van der Waals surface area contributed by atoms with Crippen LogP contribution in [0.5, 0.6) is 5.75 Å². The molecule has 5 nitrogen and oxygen atoms in total. The number of nitrogens with two attached hydrogens (primary N) is 1. The smallest absolute Gasteiger partial charge is 0.138 e. The lowest BCUT2D eigenvalue weighted by Gasteiger charge is -2.11. The minimum Gasteiger partial charge on any atom is -0.487 e. The van der Waals surface area contributed by atoms with Crippen molar-refractivity contribution in [1.29, 1.82) is 0 Å². The largest absolute Gasteiger partial charge is 0.487 e. The van der Waals surface area contributed by atoms with Crippen molar-refractivity contribution in [2.45, 2.75) is 6.61 Å². The summed E-state index contributed by atoms with van der Waals surface area (Å²) in [5.41, 5.74) is 7.50. The van der Waals surface area contributed by atoms with E-state index in [-0.39, 0.29) is 0 Å². The van der Waals surface area contributed by atoms with Crippen LogP contribution in [0.15, 0.2) is 60.9 Å². The van der Waals surface area contributed by atoms with Crippen LogP contribution in [0.3, 0.4) is 0 Å². The molecule has 2 aromatic carbocycles. The maximum Gasteiger partial charge on any atom is 0.138 e. The highest BCUT2D eigenvalue weighted by Gasteiger charge is 2.05. The molecule has 0 bridgehead atoms. The first kappa shape index (κ1) is 15.1. The molecule has 0 aliphatic rings. The lowest BCUT2D eigenvalue weighted by Crippen LogP contribution is -1.98. The zero-order valence-electron chi connectivity index (χ0n) is 12.2. The predicted molar refractivity (Wildman–Crippen MR) is 92.0 cm³/mol.